The third-order valence-corrected chi connectivity index (χ3v) is 3.45. The van der Waals surface area contributed by atoms with Crippen LogP contribution in [0.1, 0.15) is 37.7 Å². The summed E-state index contributed by atoms with van der Waals surface area (Å²) >= 11 is 0. The minimum atomic E-state index is 0.431. The second kappa shape index (κ2) is 6.48. The zero-order valence-electron chi connectivity index (χ0n) is 11.4. The highest BCUT2D eigenvalue weighted by molar-refractivity contribution is 5.59. The molecule has 0 heterocycles. The van der Waals surface area contributed by atoms with Gasteiger partial charge in [0, 0.05) is 6.04 Å². The van der Waals surface area contributed by atoms with Crippen LogP contribution in [0, 0.1) is 6.92 Å². The molecular weight excluding hydrogens is 222 g/mol. The van der Waals surface area contributed by atoms with Gasteiger partial charge in [-0.05, 0) is 43.9 Å². The van der Waals surface area contributed by atoms with E-state index in [0.717, 1.165) is 11.4 Å². The number of anilines is 1. The van der Waals surface area contributed by atoms with Gasteiger partial charge in [-0.2, -0.15) is 0 Å². The van der Waals surface area contributed by atoms with E-state index in [9.17, 15) is 0 Å². The molecule has 98 valence electrons. The van der Waals surface area contributed by atoms with Crippen LogP contribution in [0.4, 0.5) is 5.69 Å². The summed E-state index contributed by atoms with van der Waals surface area (Å²) in [5.41, 5.74) is 2.36. The number of allylic oxidation sites excluding steroid dienone is 1. The molecule has 0 radical (unpaired) electrons. The number of nitrogens with one attached hydrogen (secondary N) is 1. The Morgan fingerprint density at radius 2 is 2.11 bits per heavy atom. The summed E-state index contributed by atoms with van der Waals surface area (Å²) in [6.45, 7) is 2.11. The van der Waals surface area contributed by atoms with E-state index in [2.05, 4.69) is 36.5 Å². The van der Waals surface area contributed by atoms with Gasteiger partial charge in [0.05, 0.1) is 12.8 Å². The van der Waals surface area contributed by atoms with Gasteiger partial charge in [0.25, 0.3) is 0 Å². The number of hydrogen-bond donors (Lipinski definition) is 1. The maximum Gasteiger partial charge on any atom is 0.141 e. The van der Waals surface area contributed by atoms with Gasteiger partial charge in [-0.25, -0.2) is 0 Å². The normalized spacial score (nSPS) is 21.8. The number of methoxy groups -OCH3 is 1. The fourth-order valence-electron chi connectivity index (χ4n) is 2.41. The summed E-state index contributed by atoms with van der Waals surface area (Å²) in [5.74, 6) is 0.927. The molecule has 1 aliphatic carbocycles. The van der Waals surface area contributed by atoms with Crippen molar-refractivity contribution in [2.45, 2.75) is 45.1 Å². The van der Waals surface area contributed by atoms with E-state index < -0.39 is 0 Å². The lowest BCUT2D eigenvalue weighted by Gasteiger charge is -2.20. The molecule has 1 aliphatic rings. The molecule has 0 aromatic heterocycles. The topological polar surface area (TPSA) is 21.3 Å². The first-order valence-corrected chi connectivity index (χ1v) is 6.87. The maximum atomic E-state index is 5.41. The highest BCUT2D eigenvalue weighted by Gasteiger charge is 2.10. The van der Waals surface area contributed by atoms with Crippen molar-refractivity contribution >= 4 is 5.69 Å². The first-order valence-electron chi connectivity index (χ1n) is 6.87. The van der Waals surface area contributed by atoms with E-state index in [1.54, 1.807) is 7.11 Å². The van der Waals surface area contributed by atoms with Crippen molar-refractivity contribution in [1.82, 2.24) is 0 Å². The van der Waals surface area contributed by atoms with E-state index in [1.807, 2.05) is 6.07 Å². The molecule has 1 aromatic carbocycles. The van der Waals surface area contributed by atoms with Crippen molar-refractivity contribution in [3.8, 4) is 5.75 Å². The van der Waals surface area contributed by atoms with Crippen LogP contribution in [0.15, 0.2) is 30.4 Å². The number of aryl methyl sites for hydroxylation is 1. The van der Waals surface area contributed by atoms with Crippen LogP contribution in [-0.4, -0.2) is 13.2 Å². The van der Waals surface area contributed by atoms with Gasteiger partial charge in [0.15, 0.2) is 0 Å². The largest absolute Gasteiger partial charge is 0.495 e. The van der Waals surface area contributed by atoms with Crippen LogP contribution < -0.4 is 10.1 Å². The summed E-state index contributed by atoms with van der Waals surface area (Å²) in [4.78, 5) is 0. The van der Waals surface area contributed by atoms with Gasteiger partial charge in [-0.15, -0.1) is 0 Å². The Kier molecular flexibility index (Phi) is 4.68. The number of rotatable bonds is 3. The Morgan fingerprint density at radius 3 is 2.94 bits per heavy atom. The molecule has 2 rings (SSSR count). The summed E-state index contributed by atoms with van der Waals surface area (Å²) in [7, 11) is 1.73. The Morgan fingerprint density at radius 1 is 1.22 bits per heavy atom. The quantitative estimate of drug-likeness (QED) is 0.801. The first-order chi connectivity index (χ1) is 8.79. The van der Waals surface area contributed by atoms with Crippen LogP contribution in [0.25, 0.3) is 0 Å². The third-order valence-electron chi connectivity index (χ3n) is 3.45. The predicted molar refractivity (Wildman–Crippen MR) is 77.4 cm³/mol. The molecular formula is C16H23NO. The zero-order chi connectivity index (χ0) is 12.8. The standard InChI is InChI=1S/C16H23NO/c1-13-10-11-16(18-2)15(12-13)17-14-8-6-4-3-5-7-9-14/h6,8,10-12,14,17H,3-5,7,9H2,1-2H3/b8-6+. The minimum absolute atomic E-state index is 0.431. The van der Waals surface area contributed by atoms with E-state index in [-0.39, 0.29) is 0 Å². The Hall–Kier alpha value is -1.44. The molecule has 2 heteroatoms. The van der Waals surface area contributed by atoms with Crippen molar-refractivity contribution in [1.29, 1.82) is 0 Å². The van der Waals surface area contributed by atoms with Crippen molar-refractivity contribution < 1.29 is 4.74 Å². The molecule has 1 aromatic rings. The van der Waals surface area contributed by atoms with Gasteiger partial charge in [0.2, 0.25) is 0 Å². The Bertz CT molecular complexity index is 412. The molecule has 0 fully saturated rings. The molecule has 1 unspecified atom stereocenters. The lowest BCUT2D eigenvalue weighted by atomic mass is 10.0. The van der Waals surface area contributed by atoms with Crippen molar-refractivity contribution in [2.75, 3.05) is 12.4 Å². The first kappa shape index (κ1) is 13.0. The van der Waals surface area contributed by atoms with E-state index in [0.29, 0.717) is 6.04 Å². The molecule has 0 aliphatic heterocycles. The van der Waals surface area contributed by atoms with Gasteiger partial charge in [0.1, 0.15) is 5.75 Å². The highest BCUT2D eigenvalue weighted by Crippen LogP contribution is 2.27. The predicted octanol–water partition coefficient (Wildman–Crippen LogP) is 4.30. The minimum Gasteiger partial charge on any atom is -0.495 e. The van der Waals surface area contributed by atoms with E-state index in [4.69, 9.17) is 4.74 Å². The van der Waals surface area contributed by atoms with Crippen molar-refractivity contribution in [3.05, 3.63) is 35.9 Å². The number of benzene rings is 1. The van der Waals surface area contributed by atoms with Gasteiger partial charge < -0.3 is 10.1 Å². The average molecular weight is 245 g/mol. The second-order valence-electron chi connectivity index (χ2n) is 5.02. The number of hydrogen-bond acceptors (Lipinski definition) is 2. The molecule has 1 N–H and O–H groups in total. The summed E-state index contributed by atoms with van der Waals surface area (Å²) in [6, 6.07) is 6.70. The van der Waals surface area contributed by atoms with Gasteiger partial charge in [-0.3, -0.25) is 0 Å². The Balaban J connectivity index is 2.11. The van der Waals surface area contributed by atoms with Crippen LogP contribution in [0.3, 0.4) is 0 Å². The summed E-state index contributed by atoms with van der Waals surface area (Å²) in [5, 5.41) is 3.60. The fourth-order valence-corrected chi connectivity index (χ4v) is 2.41. The van der Waals surface area contributed by atoms with Gasteiger partial charge >= 0.3 is 0 Å². The van der Waals surface area contributed by atoms with E-state index >= 15 is 0 Å². The van der Waals surface area contributed by atoms with Crippen LogP contribution >= 0.6 is 0 Å². The number of ether oxygens (including phenoxy) is 1. The van der Waals surface area contributed by atoms with Crippen LogP contribution in [0.5, 0.6) is 5.75 Å². The summed E-state index contributed by atoms with van der Waals surface area (Å²) in [6.07, 6.45) is 11.0. The monoisotopic (exact) mass is 245 g/mol. The lowest BCUT2D eigenvalue weighted by molar-refractivity contribution is 0.416. The summed E-state index contributed by atoms with van der Waals surface area (Å²) < 4.78 is 5.41. The van der Waals surface area contributed by atoms with E-state index in [1.165, 1.54) is 37.7 Å². The highest BCUT2D eigenvalue weighted by atomic mass is 16.5. The average Bonchev–Trinajstić information content (AvgIpc) is 2.33. The van der Waals surface area contributed by atoms with Crippen LogP contribution in [0.2, 0.25) is 0 Å². The van der Waals surface area contributed by atoms with Crippen molar-refractivity contribution in [2.24, 2.45) is 0 Å². The second-order valence-corrected chi connectivity index (χ2v) is 5.02. The lowest BCUT2D eigenvalue weighted by Crippen LogP contribution is -2.18. The van der Waals surface area contributed by atoms with Gasteiger partial charge in [-0.1, -0.05) is 31.1 Å². The van der Waals surface area contributed by atoms with Crippen LogP contribution in [-0.2, 0) is 0 Å². The molecule has 0 saturated heterocycles. The molecule has 0 saturated carbocycles. The molecule has 0 amide bonds. The molecule has 2 nitrogen and oxygen atoms in total. The maximum absolute atomic E-state index is 5.41. The SMILES string of the molecule is COc1ccc(C)cc1NC1/C=C/CCCCC1. The molecule has 18 heavy (non-hydrogen) atoms. The zero-order valence-corrected chi connectivity index (χ0v) is 11.4. The Labute approximate surface area is 110 Å². The molecule has 1 atom stereocenters. The molecule has 0 spiro atoms. The fraction of sp³-hybridized carbons (Fsp3) is 0.500. The smallest absolute Gasteiger partial charge is 0.141 e. The van der Waals surface area contributed by atoms with Crippen molar-refractivity contribution in [3.63, 3.8) is 0 Å². The third kappa shape index (κ3) is 3.52. The molecule has 0 bridgehead atoms.